The maximum absolute atomic E-state index is 13.2. The maximum Gasteiger partial charge on any atom is 0.255 e. The van der Waals surface area contributed by atoms with Crippen LogP contribution in [0.15, 0.2) is 65.4 Å². The van der Waals surface area contributed by atoms with Crippen molar-refractivity contribution in [2.45, 2.75) is 25.8 Å². The van der Waals surface area contributed by atoms with E-state index in [1.807, 2.05) is 77.1 Å². The monoisotopic (exact) mass is 372 g/mol. The van der Waals surface area contributed by atoms with Gasteiger partial charge in [0, 0.05) is 30.6 Å². The van der Waals surface area contributed by atoms with Gasteiger partial charge in [-0.25, -0.2) is 4.98 Å². The van der Waals surface area contributed by atoms with Crippen LogP contribution in [-0.2, 0) is 0 Å². The predicted octanol–water partition coefficient (Wildman–Crippen LogP) is 4.28. The molecule has 28 heavy (non-hydrogen) atoms. The number of carbonyl (C=O) groups excluding carboxylic acids is 1. The first-order valence-electron chi connectivity index (χ1n) is 9.47. The largest absolute Gasteiger partial charge is 0.361 e. The van der Waals surface area contributed by atoms with Gasteiger partial charge in [-0.3, -0.25) is 4.79 Å². The summed E-state index contributed by atoms with van der Waals surface area (Å²) in [7, 11) is 0. The van der Waals surface area contributed by atoms with Gasteiger partial charge in [0.05, 0.1) is 17.3 Å². The molecule has 0 bridgehead atoms. The maximum atomic E-state index is 13.2. The van der Waals surface area contributed by atoms with Gasteiger partial charge in [-0.1, -0.05) is 35.5 Å². The molecule has 1 aliphatic heterocycles. The molecule has 0 radical (unpaired) electrons. The lowest BCUT2D eigenvalue weighted by Gasteiger charge is -2.23. The van der Waals surface area contributed by atoms with E-state index in [0.717, 1.165) is 47.7 Å². The number of carbonyl (C=O) groups is 1. The first-order valence-corrected chi connectivity index (χ1v) is 9.47. The molecule has 1 atom stereocenters. The average molecular weight is 372 g/mol. The molecule has 0 saturated carbocycles. The van der Waals surface area contributed by atoms with E-state index in [4.69, 9.17) is 4.52 Å². The van der Waals surface area contributed by atoms with E-state index in [2.05, 4.69) is 10.1 Å². The van der Waals surface area contributed by atoms with Crippen LogP contribution in [0, 0.1) is 6.92 Å². The Morgan fingerprint density at radius 3 is 2.79 bits per heavy atom. The Labute approximate surface area is 162 Å². The Morgan fingerprint density at radius 2 is 2.00 bits per heavy atom. The summed E-state index contributed by atoms with van der Waals surface area (Å²) < 4.78 is 7.13. The first-order chi connectivity index (χ1) is 13.7. The molecule has 1 aromatic carbocycles. The van der Waals surface area contributed by atoms with Gasteiger partial charge in [0.15, 0.2) is 0 Å². The molecule has 4 aromatic rings. The van der Waals surface area contributed by atoms with Crippen molar-refractivity contribution in [1.29, 1.82) is 0 Å². The molecule has 3 aromatic heterocycles. The highest BCUT2D eigenvalue weighted by atomic mass is 16.5. The molecule has 0 aliphatic carbocycles. The van der Waals surface area contributed by atoms with Crippen molar-refractivity contribution in [1.82, 2.24) is 19.4 Å². The Morgan fingerprint density at radius 1 is 1.14 bits per heavy atom. The Hall–Kier alpha value is -3.41. The Balaban J connectivity index is 1.46. The van der Waals surface area contributed by atoms with Gasteiger partial charge in [-0.2, -0.15) is 0 Å². The third-order valence-electron chi connectivity index (χ3n) is 5.27. The molecule has 1 aliphatic rings. The Kier molecular flexibility index (Phi) is 3.97. The molecule has 1 amide bonds. The van der Waals surface area contributed by atoms with Crippen molar-refractivity contribution in [3.8, 4) is 11.3 Å². The van der Waals surface area contributed by atoms with E-state index in [-0.39, 0.29) is 11.9 Å². The fraction of sp³-hybridized carbons (Fsp3) is 0.227. The minimum atomic E-state index is -0.0247. The molecule has 1 fully saturated rings. The second kappa shape index (κ2) is 6.64. The number of nitrogens with zero attached hydrogens (tertiary/aromatic N) is 4. The zero-order chi connectivity index (χ0) is 19.1. The lowest BCUT2D eigenvalue weighted by Crippen LogP contribution is -2.30. The second-order valence-electron chi connectivity index (χ2n) is 7.19. The van der Waals surface area contributed by atoms with Crippen LogP contribution in [0.5, 0.6) is 0 Å². The van der Waals surface area contributed by atoms with E-state index in [9.17, 15) is 4.79 Å². The van der Waals surface area contributed by atoms with Crippen molar-refractivity contribution in [3.05, 3.63) is 77.9 Å². The number of rotatable bonds is 3. The fourth-order valence-electron chi connectivity index (χ4n) is 3.89. The number of imidazole rings is 1. The number of aryl methyl sites for hydroxylation is 1. The smallest absolute Gasteiger partial charge is 0.255 e. The minimum Gasteiger partial charge on any atom is -0.361 e. The van der Waals surface area contributed by atoms with Crippen LogP contribution in [0.1, 0.15) is 40.7 Å². The highest BCUT2D eigenvalue weighted by molar-refractivity contribution is 5.94. The summed E-state index contributed by atoms with van der Waals surface area (Å²) in [5, 5.41) is 4.13. The molecule has 140 valence electrons. The van der Waals surface area contributed by atoms with Crippen molar-refractivity contribution < 1.29 is 9.32 Å². The van der Waals surface area contributed by atoms with Gasteiger partial charge in [0.25, 0.3) is 5.91 Å². The highest BCUT2D eigenvalue weighted by Crippen LogP contribution is 2.33. The molecule has 6 heteroatoms. The summed E-state index contributed by atoms with van der Waals surface area (Å²) in [6, 6.07) is 15.7. The van der Waals surface area contributed by atoms with E-state index in [1.54, 1.807) is 0 Å². The number of fused-ring (bicyclic) bond motifs is 1. The van der Waals surface area contributed by atoms with Crippen LogP contribution in [-0.4, -0.2) is 31.9 Å². The van der Waals surface area contributed by atoms with Gasteiger partial charge in [-0.15, -0.1) is 0 Å². The molecular formula is C22H20N4O2. The normalized spacial score (nSPS) is 16.8. The van der Waals surface area contributed by atoms with Crippen LogP contribution in [0.4, 0.5) is 0 Å². The van der Waals surface area contributed by atoms with Gasteiger partial charge in [0.2, 0.25) is 0 Å². The third-order valence-corrected chi connectivity index (χ3v) is 5.27. The summed E-state index contributed by atoms with van der Waals surface area (Å²) >= 11 is 0. The molecule has 0 N–H and O–H groups in total. The number of aromatic nitrogens is 3. The van der Waals surface area contributed by atoms with Crippen molar-refractivity contribution >= 4 is 11.6 Å². The minimum absolute atomic E-state index is 0.0139. The molecule has 6 nitrogen and oxygen atoms in total. The number of benzene rings is 1. The SMILES string of the molecule is Cc1cc([C@H]2CCCN2C(=O)c2ccc3nc(-c4ccccc4)cn3c2)no1. The summed E-state index contributed by atoms with van der Waals surface area (Å²) in [6.45, 7) is 2.60. The van der Waals surface area contributed by atoms with Crippen molar-refractivity contribution in [2.24, 2.45) is 0 Å². The van der Waals surface area contributed by atoms with Crippen LogP contribution >= 0.6 is 0 Å². The summed E-state index contributed by atoms with van der Waals surface area (Å²) in [4.78, 5) is 19.7. The third kappa shape index (κ3) is 2.87. The Bertz CT molecular complexity index is 1150. The van der Waals surface area contributed by atoms with E-state index < -0.39 is 0 Å². The predicted molar refractivity (Wildman–Crippen MR) is 105 cm³/mol. The van der Waals surface area contributed by atoms with Crippen LogP contribution in [0.2, 0.25) is 0 Å². The van der Waals surface area contributed by atoms with Crippen molar-refractivity contribution in [3.63, 3.8) is 0 Å². The highest BCUT2D eigenvalue weighted by Gasteiger charge is 2.32. The number of likely N-dealkylation sites (tertiary alicyclic amines) is 1. The number of pyridine rings is 1. The molecule has 5 rings (SSSR count). The molecular weight excluding hydrogens is 352 g/mol. The lowest BCUT2D eigenvalue weighted by molar-refractivity contribution is 0.0730. The molecule has 1 saturated heterocycles. The van der Waals surface area contributed by atoms with E-state index in [0.29, 0.717) is 5.56 Å². The lowest BCUT2D eigenvalue weighted by atomic mass is 10.1. The quantitative estimate of drug-likeness (QED) is 0.539. The van der Waals surface area contributed by atoms with Crippen LogP contribution in [0.25, 0.3) is 16.9 Å². The van der Waals surface area contributed by atoms with Gasteiger partial charge < -0.3 is 13.8 Å². The van der Waals surface area contributed by atoms with Crippen molar-refractivity contribution in [2.75, 3.05) is 6.54 Å². The van der Waals surface area contributed by atoms with Gasteiger partial charge in [-0.05, 0) is 31.9 Å². The van der Waals surface area contributed by atoms with E-state index in [1.165, 1.54) is 0 Å². The molecule has 0 unspecified atom stereocenters. The molecule has 0 spiro atoms. The second-order valence-corrected chi connectivity index (χ2v) is 7.19. The van der Waals surface area contributed by atoms with Crippen LogP contribution < -0.4 is 0 Å². The van der Waals surface area contributed by atoms with E-state index >= 15 is 0 Å². The van der Waals surface area contributed by atoms with Crippen LogP contribution in [0.3, 0.4) is 0 Å². The number of amides is 1. The summed E-state index contributed by atoms with van der Waals surface area (Å²) in [5.41, 5.74) is 4.25. The molecule has 4 heterocycles. The number of hydrogen-bond acceptors (Lipinski definition) is 4. The zero-order valence-electron chi connectivity index (χ0n) is 15.6. The van der Waals surface area contributed by atoms with Gasteiger partial charge >= 0.3 is 0 Å². The first kappa shape index (κ1) is 16.7. The fourth-order valence-corrected chi connectivity index (χ4v) is 3.89. The average Bonchev–Trinajstić information content (AvgIpc) is 3.46. The zero-order valence-corrected chi connectivity index (χ0v) is 15.6. The summed E-state index contributed by atoms with van der Waals surface area (Å²) in [6.07, 6.45) is 5.70. The van der Waals surface area contributed by atoms with Gasteiger partial charge in [0.1, 0.15) is 17.1 Å². The standard InChI is InChI=1S/C22H20N4O2/c1-15-12-18(24-28-15)20-8-5-11-26(20)22(27)17-9-10-21-23-19(14-25(21)13-17)16-6-3-2-4-7-16/h2-4,6-7,9-10,12-14,20H,5,8,11H2,1H3/t20-/m1/s1. The topological polar surface area (TPSA) is 63.6 Å². The number of hydrogen-bond donors (Lipinski definition) is 0. The summed E-state index contributed by atoms with van der Waals surface area (Å²) in [5.74, 6) is 0.780.